The van der Waals surface area contributed by atoms with E-state index in [2.05, 4.69) is 0 Å². The molecule has 0 radical (unpaired) electrons. The van der Waals surface area contributed by atoms with Crippen molar-refractivity contribution in [3.63, 3.8) is 0 Å². The first kappa shape index (κ1) is 19.4. The van der Waals surface area contributed by atoms with Crippen LogP contribution in [0.1, 0.15) is 12.0 Å². The minimum atomic E-state index is -0.618. The van der Waals surface area contributed by atoms with Gasteiger partial charge in [0, 0.05) is 6.07 Å². The maximum Gasteiger partial charge on any atom is 0.288 e. The number of carbonyl (C=O) groups is 3. The molecule has 11 heteroatoms. The molecule has 0 spiro atoms. The van der Waals surface area contributed by atoms with Crippen molar-refractivity contribution in [2.45, 2.75) is 6.42 Å². The van der Waals surface area contributed by atoms with Crippen LogP contribution in [0.3, 0.4) is 0 Å². The van der Waals surface area contributed by atoms with Gasteiger partial charge in [-0.3, -0.25) is 24.5 Å². The molecular weight excluding hydrogens is 450 g/mol. The number of hydrazine groups is 1. The summed E-state index contributed by atoms with van der Waals surface area (Å²) in [6.07, 6.45) is 6.16. The maximum atomic E-state index is 13.0. The van der Waals surface area contributed by atoms with E-state index in [4.69, 9.17) is 23.8 Å². The molecule has 1 aromatic rings. The number of halogens is 1. The Hall–Kier alpha value is -2.56. The summed E-state index contributed by atoms with van der Waals surface area (Å²) in [6.45, 7) is 0. The number of amides is 3. The molecule has 1 aromatic carbocycles. The molecule has 3 fully saturated rings. The van der Waals surface area contributed by atoms with Gasteiger partial charge in [-0.05, 0) is 48.2 Å². The topological polar surface area (TPSA) is 101 Å². The first-order valence-electron chi connectivity index (χ1n) is 9.06. The molecule has 8 nitrogen and oxygen atoms in total. The highest BCUT2D eigenvalue weighted by atomic mass is 35.5. The standard InChI is InChI=1S/C19H12ClN3O5S2/c20-11-4-1-8(5-12(11)23(27)28)6-13-16(24)22(19(29)30-13)21-17(25)14-9-2-3-10(7-9)15(14)18(21)26/h1-6,9-10,14-15H,7H2/b13-6+/t9-,10-,14-,15+/m0/s1. The highest BCUT2D eigenvalue weighted by Crippen LogP contribution is 2.53. The number of allylic oxidation sites excluding steroid dienone is 2. The van der Waals surface area contributed by atoms with E-state index >= 15 is 0 Å². The molecule has 0 unspecified atom stereocenters. The van der Waals surface area contributed by atoms with E-state index in [1.807, 2.05) is 12.2 Å². The van der Waals surface area contributed by atoms with E-state index in [-0.39, 0.29) is 31.8 Å². The van der Waals surface area contributed by atoms with Gasteiger partial charge in [0.15, 0.2) is 4.32 Å². The number of benzene rings is 1. The lowest BCUT2D eigenvalue weighted by Gasteiger charge is -2.25. The molecule has 5 rings (SSSR count). The van der Waals surface area contributed by atoms with Crippen LogP contribution in [0.5, 0.6) is 0 Å². The SMILES string of the molecule is O=C1/C(=C\c2ccc(Cl)c([N+](=O)[O-])c2)SC(=S)N1N1C(=O)[C@@H]2[C@H](C1=O)[C@H]1C=C[C@H]2C1. The molecule has 2 aliphatic heterocycles. The van der Waals surface area contributed by atoms with Crippen molar-refractivity contribution in [3.05, 3.63) is 56.0 Å². The third-order valence-corrected chi connectivity index (χ3v) is 7.49. The van der Waals surface area contributed by atoms with Crippen molar-refractivity contribution in [2.24, 2.45) is 23.7 Å². The molecule has 2 saturated heterocycles. The molecule has 0 aromatic heterocycles. The van der Waals surface area contributed by atoms with Gasteiger partial charge in [-0.15, -0.1) is 0 Å². The molecule has 2 aliphatic carbocycles. The number of hydrogen-bond acceptors (Lipinski definition) is 7. The third kappa shape index (κ3) is 2.67. The molecule has 2 bridgehead atoms. The van der Waals surface area contributed by atoms with Crippen LogP contribution in [0, 0.1) is 33.8 Å². The fraction of sp³-hybridized carbons (Fsp3) is 0.263. The van der Waals surface area contributed by atoms with Gasteiger partial charge in [-0.25, -0.2) is 0 Å². The van der Waals surface area contributed by atoms with E-state index in [1.165, 1.54) is 24.3 Å². The number of hydrogen-bond donors (Lipinski definition) is 0. The van der Waals surface area contributed by atoms with Crippen LogP contribution in [0.2, 0.25) is 5.02 Å². The molecule has 0 N–H and O–H groups in total. The summed E-state index contributed by atoms with van der Waals surface area (Å²) in [7, 11) is 0. The van der Waals surface area contributed by atoms with Crippen LogP contribution in [-0.4, -0.2) is 37.0 Å². The Balaban J connectivity index is 1.45. The Morgan fingerprint density at radius 3 is 2.37 bits per heavy atom. The van der Waals surface area contributed by atoms with Crippen molar-refractivity contribution in [1.82, 2.24) is 10.0 Å². The van der Waals surface area contributed by atoms with Gasteiger partial charge in [0.25, 0.3) is 23.4 Å². The summed E-state index contributed by atoms with van der Waals surface area (Å²) < 4.78 is 0.0664. The molecule has 152 valence electrons. The number of thioether (sulfide) groups is 1. The number of thiocarbonyl (C=S) groups is 1. The van der Waals surface area contributed by atoms with E-state index in [1.54, 1.807) is 0 Å². The quantitative estimate of drug-likeness (QED) is 0.170. The summed E-state index contributed by atoms with van der Waals surface area (Å²) in [5.41, 5.74) is 0.0892. The van der Waals surface area contributed by atoms with Gasteiger partial charge in [-0.2, -0.15) is 10.0 Å². The average molecular weight is 462 g/mol. The zero-order valence-corrected chi connectivity index (χ0v) is 17.4. The second-order valence-corrected chi connectivity index (χ2v) is 9.53. The molecule has 30 heavy (non-hydrogen) atoms. The first-order chi connectivity index (χ1) is 14.3. The fourth-order valence-corrected chi connectivity index (χ4v) is 6.05. The van der Waals surface area contributed by atoms with Gasteiger partial charge < -0.3 is 0 Å². The Kier molecular flexibility index (Phi) is 4.35. The maximum absolute atomic E-state index is 13.0. The van der Waals surface area contributed by atoms with Crippen LogP contribution < -0.4 is 0 Å². The zero-order chi connectivity index (χ0) is 21.3. The largest absolute Gasteiger partial charge is 0.288 e. The van der Waals surface area contributed by atoms with Gasteiger partial charge >= 0.3 is 0 Å². The molecule has 1 saturated carbocycles. The van der Waals surface area contributed by atoms with Crippen LogP contribution >= 0.6 is 35.6 Å². The van der Waals surface area contributed by atoms with Crippen molar-refractivity contribution < 1.29 is 19.3 Å². The number of fused-ring (bicyclic) bond motifs is 5. The fourth-order valence-electron chi connectivity index (χ4n) is 4.63. The van der Waals surface area contributed by atoms with E-state index in [0.717, 1.165) is 28.2 Å². The average Bonchev–Trinajstić information content (AvgIpc) is 3.43. The predicted octanol–water partition coefficient (Wildman–Crippen LogP) is 3.17. The molecule has 4 atom stereocenters. The van der Waals surface area contributed by atoms with Crippen LogP contribution in [-0.2, 0) is 14.4 Å². The summed E-state index contributed by atoms with van der Waals surface area (Å²) in [6, 6.07) is 4.14. The second kappa shape index (κ2) is 6.73. The van der Waals surface area contributed by atoms with Gasteiger partial charge in [-0.1, -0.05) is 41.6 Å². The highest BCUT2D eigenvalue weighted by Gasteiger charge is 2.62. The third-order valence-electron chi connectivity index (χ3n) is 5.89. The van der Waals surface area contributed by atoms with Gasteiger partial charge in [0.05, 0.1) is 21.7 Å². The van der Waals surface area contributed by atoms with Crippen molar-refractivity contribution in [3.8, 4) is 0 Å². The summed E-state index contributed by atoms with van der Waals surface area (Å²) >= 11 is 12.0. The predicted molar refractivity (Wildman–Crippen MR) is 113 cm³/mol. The van der Waals surface area contributed by atoms with E-state index in [0.29, 0.717) is 5.56 Å². The Labute approximate surface area is 184 Å². The summed E-state index contributed by atoms with van der Waals surface area (Å²) in [5.74, 6) is -2.26. The van der Waals surface area contributed by atoms with Gasteiger partial charge in [0.1, 0.15) is 5.02 Å². The van der Waals surface area contributed by atoms with Gasteiger partial charge in [0.2, 0.25) is 0 Å². The number of nitrogens with zero attached hydrogens (tertiary/aromatic N) is 3. The lowest BCUT2D eigenvalue weighted by Crippen LogP contribution is -2.49. The zero-order valence-electron chi connectivity index (χ0n) is 15.1. The molecular formula is C19H12ClN3O5S2. The lowest BCUT2D eigenvalue weighted by molar-refractivity contribution is -0.384. The first-order valence-corrected chi connectivity index (χ1v) is 10.7. The van der Waals surface area contributed by atoms with E-state index in [9.17, 15) is 24.5 Å². The van der Waals surface area contributed by atoms with Crippen molar-refractivity contribution in [1.29, 1.82) is 0 Å². The van der Waals surface area contributed by atoms with Crippen molar-refractivity contribution >= 4 is 69.4 Å². The molecule has 2 heterocycles. The Morgan fingerprint density at radius 2 is 1.77 bits per heavy atom. The Bertz CT molecular complexity index is 1100. The summed E-state index contributed by atoms with van der Waals surface area (Å²) in [5, 5.41) is 12.9. The minimum absolute atomic E-state index is 0.0185. The van der Waals surface area contributed by atoms with Crippen LogP contribution in [0.4, 0.5) is 5.69 Å². The summed E-state index contributed by atoms with van der Waals surface area (Å²) in [4.78, 5) is 49.6. The van der Waals surface area contributed by atoms with Crippen molar-refractivity contribution in [2.75, 3.05) is 0 Å². The second-order valence-electron chi connectivity index (χ2n) is 7.45. The monoisotopic (exact) mass is 461 g/mol. The normalized spacial score (nSPS) is 30.9. The van der Waals surface area contributed by atoms with E-state index < -0.39 is 34.5 Å². The number of nitro groups is 1. The lowest BCUT2D eigenvalue weighted by atomic mass is 9.85. The smallest absolute Gasteiger partial charge is 0.272 e. The Morgan fingerprint density at radius 1 is 1.13 bits per heavy atom. The number of nitro benzene ring substituents is 1. The highest BCUT2D eigenvalue weighted by molar-refractivity contribution is 8.26. The minimum Gasteiger partial charge on any atom is -0.272 e. The van der Waals surface area contributed by atoms with Crippen LogP contribution in [0.25, 0.3) is 6.08 Å². The number of rotatable bonds is 3. The number of carbonyl (C=O) groups excluding carboxylic acids is 3. The molecule has 4 aliphatic rings. The van der Waals surface area contributed by atoms with Crippen LogP contribution in [0.15, 0.2) is 35.3 Å². The molecule has 3 amide bonds. The number of imide groups is 1.